The van der Waals surface area contributed by atoms with E-state index < -0.39 is 6.79 Å². The maximum absolute atomic E-state index is 8.08. The van der Waals surface area contributed by atoms with Gasteiger partial charge in [-0.2, -0.15) is 4.89 Å². The number of hydrogen-bond acceptors (Lipinski definition) is 7. The Kier molecular flexibility index (Phi) is 9.65. The van der Waals surface area contributed by atoms with E-state index in [0.717, 1.165) is 6.40 Å². The summed E-state index contributed by atoms with van der Waals surface area (Å²) in [5, 5.41) is 10.8. The quantitative estimate of drug-likeness (QED) is 0.124. The third-order valence-electron chi connectivity index (χ3n) is 0.720. The zero-order valence-electron chi connectivity index (χ0n) is 6.73. The lowest BCUT2D eigenvalue weighted by Crippen LogP contribution is -2.17. The van der Waals surface area contributed by atoms with Gasteiger partial charge in [-0.25, -0.2) is 14.8 Å². The minimum absolute atomic E-state index is 0.231. The molecule has 0 aromatic heterocycles. The first-order valence-electron chi connectivity index (χ1n) is 3.15. The molecule has 7 nitrogen and oxygen atoms in total. The van der Waals surface area contributed by atoms with Gasteiger partial charge >= 0.3 is 0 Å². The van der Waals surface area contributed by atoms with Gasteiger partial charge in [-0.15, -0.1) is 0 Å². The van der Waals surface area contributed by atoms with Crippen LogP contribution >= 0.6 is 0 Å². The van der Waals surface area contributed by atoms with Crippen molar-refractivity contribution in [3.8, 4) is 0 Å². The summed E-state index contributed by atoms with van der Waals surface area (Å²) in [7, 11) is 1.41. The fraction of sp³-hybridized carbons (Fsp3) is 0.800. The van der Waals surface area contributed by atoms with Crippen LogP contribution in [0, 0.1) is 0 Å². The smallest absolute Gasteiger partial charge is 0.216 e. The van der Waals surface area contributed by atoms with Gasteiger partial charge < -0.3 is 9.99 Å². The second-order valence-corrected chi connectivity index (χ2v) is 1.47. The molecule has 0 aliphatic carbocycles. The number of hydrogen-bond donors (Lipinski definition) is 2. The minimum Gasteiger partial charge on any atom is -0.367 e. The van der Waals surface area contributed by atoms with Crippen LogP contribution in [0.2, 0.25) is 0 Å². The Morgan fingerprint density at radius 1 is 1.50 bits per heavy atom. The van der Waals surface area contributed by atoms with Crippen molar-refractivity contribution in [3.63, 3.8) is 0 Å². The first kappa shape index (κ1) is 11.3. The van der Waals surface area contributed by atoms with Crippen LogP contribution in [0.3, 0.4) is 0 Å². The van der Waals surface area contributed by atoms with E-state index in [1.807, 2.05) is 0 Å². The summed E-state index contributed by atoms with van der Waals surface area (Å²) in [6.07, 6.45) is 1.05. The van der Waals surface area contributed by atoms with Crippen molar-refractivity contribution in [1.82, 2.24) is 5.32 Å². The van der Waals surface area contributed by atoms with Gasteiger partial charge in [0.05, 0.1) is 13.8 Å². The SMILES string of the molecule is COOCNCN=COOCO. The van der Waals surface area contributed by atoms with Gasteiger partial charge in [-0.1, -0.05) is 0 Å². The number of aliphatic hydroxyl groups is 1. The van der Waals surface area contributed by atoms with Crippen LogP contribution in [-0.2, 0) is 19.6 Å². The highest BCUT2D eigenvalue weighted by molar-refractivity contribution is 5.44. The molecule has 0 bridgehead atoms. The molecule has 0 aromatic rings. The van der Waals surface area contributed by atoms with Crippen molar-refractivity contribution in [3.05, 3.63) is 0 Å². The van der Waals surface area contributed by atoms with Gasteiger partial charge in [0, 0.05) is 0 Å². The first-order chi connectivity index (χ1) is 5.91. The number of nitrogens with zero attached hydrogens (tertiary/aromatic N) is 1. The fourth-order valence-corrected chi connectivity index (χ4v) is 0.339. The van der Waals surface area contributed by atoms with E-state index in [9.17, 15) is 0 Å². The highest BCUT2D eigenvalue weighted by Crippen LogP contribution is 1.71. The van der Waals surface area contributed by atoms with Crippen LogP contribution < -0.4 is 5.32 Å². The molecule has 7 heteroatoms. The van der Waals surface area contributed by atoms with E-state index in [1.165, 1.54) is 7.11 Å². The van der Waals surface area contributed by atoms with Crippen molar-refractivity contribution in [2.45, 2.75) is 0 Å². The normalized spacial score (nSPS) is 10.8. The van der Waals surface area contributed by atoms with Crippen molar-refractivity contribution in [2.75, 3.05) is 27.3 Å². The molecule has 0 aliphatic rings. The molecule has 0 unspecified atom stereocenters. The summed E-state index contributed by atoms with van der Waals surface area (Å²) in [6.45, 7) is 0.0269. The van der Waals surface area contributed by atoms with Crippen LogP contribution in [0.15, 0.2) is 4.99 Å². The number of aliphatic hydroxyl groups excluding tert-OH is 1. The molecule has 0 rings (SSSR count). The van der Waals surface area contributed by atoms with Crippen molar-refractivity contribution < 1.29 is 24.7 Å². The standard InChI is InChI=1S/C5H12N2O5/c1-9-10-3-6-2-7-4-11-12-5-8/h4,6,8H,2-3,5H2,1H3. The summed E-state index contributed by atoms with van der Waals surface area (Å²) in [5.41, 5.74) is 0. The molecule has 2 N–H and O–H groups in total. The maximum atomic E-state index is 8.08. The molecule has 0 spiro atoms. The van der Waals surface area contributed by atoms with Crippen molar-refractivity contribution in [2.24, 2.45) is 4.99 Å². The molecule has 0 aliphatic heterocycles. The third kappa shape index (κ3) is 9.27. The average Bonchev–Trinajstić information content (AvgIpc) is 2.10. The van der Waals surface area contributed by atoms with Gasteiger partial charge in [-0.3, -0.25) is 5.32 Å². The van der Waals surface area contributed by atoms with Gasteiger partial charge in [0.2, 0.25) is 6.40 Å². The molecule has 0 heterocycles. The van der Waals surface area contributed by atoms with E-state index in [-0.39, 0.29) is 6.73 Å². The molecule has 0 fully saturated rings. The molecule has 0 atom stereocenters. The molecule has 12 heavy (non-hydrogen) atoms. The summed E-state index contributed by atoms with van der Waals surface area (Å²) in [4.78, 5) is 20.7. The first-order valence-corrected chi connectivity index (χ1v) is 3.15. The second-order valence-electron chi connectivity index (χ2n) is 1.47. The lowest BCUT2D eigenvalue weighted by Gasteiger charge is -1.98. The van der Waals surface area contributed by atoms with E-state index in [2.05, 4.69) is 29.9 Å². The Bertz CT molecular complexity index is 110. The highest BCUT2D eigenvalue weighted by atomic mass is 17.2. The molecule has 0 aromatic carbocycles. The van der Waals surface area contributed by atoms with E-state index >= 15 is 0 Å². The third-order valence-corrected chi connectivity index (χ3v) is 0.720. The topological polar surface area (TPSA) is 81.5 Å². The maximum Gasteiger partial charge on any atom is 0.216 e. The van der Waals surface area contributed by atoms with E-state index in [0.29, 0.717) is 6.67 Å². The van der Waals surface area contributed by atoms with Gasteiger partial charge in [0.1, 0.15) is 6.73 Å². The molecule has 0 saturated heterocycles. The van der Waals surface area contributed by atoms with Crippen LogP contribution in [0.5, 0.6) is 0 Å². The zero-order valence-corrected chi connectivity index (χ0v) is 6.73. The number of nitrogens with one attached hydrogen (secondary N) is 1. The predicted molar refractivity (Wildman–Crippen MR) is 38.7 cm³/mol. The summed E-state index contributed by atoms with van der Waals surface area (Å²) < 4.78 is 0. The number of aliphatic imine (C=N–C) groups is 1. The Hall–Kier alpha value is -0.730. The van der Waals surface area contributed by atoms with Crippen LogP contribution in [0.1, 0.15) is 0 Å². The van der Waals surface area contributed by atoms with E-state index in [1.54, 1.807) is 0 Å². The number of rotatable bonds is 8. The predicted octanol–water partition coefficient (Wildman–Crippen LogP) is -1.00. The monoisotopic (exact) mass is 180 g/mol. The summed E-state index contributed by atoms with van der Waals surface area (Å²) >= 11 is 0. The largest absolute Gasteiger partial charge is 0.367 e. The molecule has 0 amide bonds. The zero-order chi connectivity index (χ0) is 9.07. The van der Waals surface area contributed by atoms with Crippen molar-refractivity contribution in [1.29, 1.82) is 0 Å². The van der Waals surface area contributed by atoms with Gasteiger partial charge in [0.15, 0.2) is 6.79 Å². The lowest BCUT2D eigenvalue weighted by molar-refractivity contribution is -0.276. The molecular formula is C5H12N2O5. The minimum atomic E-state index is -0.508. The Labute approximate surface area is 69.8 Å². The lowest BCUT2D eigenvalue weighted by atomic mass is 11.0. The Balaban J connectivity index is 2.92. The van der Waals surface area contributed by atoms with Crippen LogP contribution in [0.4, 0.5) is 0 Å². The fourth-order valence-electron chi connectivity index (χ4n) is 0.339. The Morgan fingerprint density at radius 2 is 2.33 bits per heavy atom. The summed E-state index contributed by atoms with van der Waals surface area (Å²) in [5.74, 6) is 0. The Morgan fingerprint density at radius 3 is 3.00 bits per heavy atom. The highest BCUT2D eigenvalue weighted by Gasteiger charge is 1.81. The average molecular weight is 180 g/mol. The summed E-state index contributed by atoms with van der Waals surface area (Å²) in [6, 6.07) is 0. The molecule has 0 saturated carbocycles. The van der Waals surface area contributed by atoms with E-state index in [4.69, 9.17) is 5.11 Å². The van der Waals surface area contributed by atoms with Crippen molar-refractivity contribution >= 4 is 6.40 Å². The second kappa shape index (κ2) is 10.3. The van der Waals surface area contributed by atoms with Crippen LogP contribution in [0.25, 0.3) is 0 Å². The van der Waals surface area contributed by atoms with Gasteiger partial charge in [0.25, 0.3) is 0 Å². The van der Waals surface area contributed by atoms with Gasteiger partial charge in [-0.05, 0) is 0 Å². The molecule has 0 radical (unpaired) electrons. The molecular weight excluding hydrogens is 168 g/mol. The molecule has 72 valence electrons. The van der Waals surface area contributed by atoms with Crippen LogP contribution in [-0.4, -0.2) is 38.8 Å².